The highest BCUT2D eigenvalue weighted by Gasteiger charge is 2.26. The number of anilines is 1. The molecule has 0 radical (unpaired) electrons. The fourth-order valence-corrected chi connectivity index (χ4v) is 4.42. The van der Waals surface area contributed by atoms with E-state index in [1.54, 1.807) is 56.9 Å². The van der Waals surface area contributed by atoms with Gasteiger partial charge in [0.25, 0.3) is 5.91 Å². The summed E-state index contributed by atoms with van der Waals surface area (Å²) in [5.74, 6) is 0.215. The lowest BCUT2D eigenvalue weighted by atomic mass is 9.98. The molecular formula is C31H32N2O5. The number of carbonyl (C=O) groups excluding carboxylic acids is 2. The first-order chi connectivity index (χ1) is 18.5. The van der Waals surface area contributed by atoms with E-state index in [4.69, 9.17) is 14.2 Å². The maximum absolute atomic E-state index is 13.8. The predicted molar refractivity (Wildman–Crippen MR) is 148 cm³/mol. The van der Waals surface area contributed by atoms with Crippen molar-refractivity contribution in [3.05, 3.63) is 95.3 Å². The lowest BCUT2D eigenvalue weighted by Crippen LogP contribution is -2.30. The molecule has 1 amide bonds. The van der Waals surface area contributed by atoms with E-state index in [9.17, 15) is 9.59 Å². The van der Waals surface area contributed by atoms with E-state index in [-0.39, 0.29) is 23.2 Å². The number of rotatable bonds is 9. The van der Waals surface area contributed by atoms with E-state index in [0.717, 1.165) is 31.2 Å². The van der Waals surface area contributed by atoms with Crippen molar-refractivity contribution in [3.8, 4) is 11.5 Å². The van der Waals surface area contributed by atoms with Gasteiger partial charge in [0.1, 0.15) is 0 Å². The number of likely N-dealkylation sites (N-methyl/N-ethyl adjacent to an activating group) is 1. The first kappa shape index (κ1) is 26.7. The summed E-state index contributed by atoms with van der Waals surface area (Å²) in [6.45, 7) is 0. The zero-order chi connectivity index (χ0) is 26.9. The Morgan fingerprint density at radius 2 is 1.55 bits per heavy atom. The van der Waals surface area contributed by atoms with Crippen LogP contribution < -0.4 is 14.4 Å². The van der Waals surface area contributed by atoms with Gasteiger partial charge < -0.3 is 19.1 Å². The number of hydrogen-bond donors (Lipinski definition) is 0. The largest absolute Gasteiger partial charge is 0.493 e. The van der Waals surface area contributed by atoms with Crippen LogP contribution in [0.3, 0.4) is 0 Å². The van der Waals surface area contributed by atoms with Crippen LogP contribution in [0.4, 0.5) is 5.69 Å². The molecule has 0 saturated heterocycles. The lowest BCUT2D eigenvalue weighted by Gasteiger charge is -2.20. The zero-order valence-corrected chi connectivity index (χ0v) is 21.9. The molecule has 1 fully saturated rings. The smallest absolute Gasteiger partial charge is 0.338 e. The zero-order valence-electron chi connectivity index (χ0n) is 21.9. The highest BCUT2D eigenvalue weighted by molar-refractivity contribution is 6.19. The Morgan fingerprint density at radius 1 is 0.868 bits per heavy atom. The van der Waals surface area contributed by atoms with Gasteiger partial charge in [-0.15, -0.1) is 0 Å². The molecule has 0 bridgehead atoms. The number of carbonyl (C=O) groups is 2. The van der Waals surface area contributed by atoms with Gasteiger partial charge in [0.05, 0.1) is 31.5 Å². The van der Waals surface area contributed by atoms with Crippen molar-refractivity contribution >= 4 is 29.7 Å². The number of methoxy groups -OCH3 is 2. The summed E-state index contributed by atoms with van der Waals surface area (Å²) >= 11 is 0. The molecule has 0 N–H and O–H groups in total. The minimum atomic E-state index is -0.631. The van der Waals surface area contributed by atoms with Crippen molar-refractivity contribution < 1.29 is 23.8 Å². The second-order valence-corrected chi connectivity index (χ2v) is 9.02. The monoisotopic (exact) mass is 512 g/mol. The number of aromatic nitrogens is 1. The predicted octanol–water partition coefficient (Wildman–Crippen LogP) is 5.71. The fourth-order valence-electron chi connectivity index (χ4n) is 4.42. The lowest BCUT2D eigenvalue weighted by molar-refractivity contribution is -0.136. The topological polar surface area (TPSA) is 78.0 Å². The Balaban J connectivity index is 1.77. The van der Waals surface area contributed by atoms with Gasteiger partial charge in [-0.1, -0.05) is 36.4 Å². The van der Waals surface area contributed by atoms with E-state index in [2.05, 4.69) is 4.98 Å². The van der Waals surface area contributed by atoms with E-state index in [1.165, 1.54) is 12.0 Å². The highest BCUT2D eigenvalue weighted by Crippen LogP contribution is 2.33. The van der Waals surface area contributed by atoms with Crippen LogP contribution in [0, 0.1) is 0 Å². The summed E-state index contributed by atoms with van der Waals surface area (Å²) in [4.78, 5) is 32.4. The van der Waals surface area contributed by atoms with Gasteiger partial charge in [0.2, 0.25) is 0 Å². The Labute approximate surface area is 223 Å². The summed E-state index contributed by atoms with van der Waals surface area (Å²) in [6.07, 6.45) is 11.1. The van der Waals surface area contributed by atoms with E-state index < -0.39 is 5.97 Å². The summed E-state index contributed by atoms with van der Waals surface area (Å²) in [5.41, 5.74) is 2.38. The molecule has 1 saturated carbocycles. The van der Waals surface area contributed by atoms with Crippen molar-refractivity contribution in [1.29, 1.82) is 0 Å². The van der Waals surface area contributed by atoms with Crippen LogP contribution in [0.5, 0.6) is 11.5 Å². The molecule has 38 heavy (non-hydrogen) atoms. The number of nitrogens with zero attached hydrogens (tertiary/aromatic N) is 2. The number of amides is 1. The van der Waals surface area contributed by atoms with Gasteiger partial charge in [-0.2, -0.15) is 0 Å². The molecule has 0 aliphatic heterocycles. The first-order valence-electron chi connectivity index (χ1n) is 12.6. The van der Waals surface area contributed by atoms with Gasteiger partial charge in [0.15, 0.2) is 11.5 Å². The fraction of sp³-hybridized carbons (Fsp3) is 0.258. The van der Waals surface area contributed by atoms with Gasteiger partial charge in [-0.25, -0.2) is 4.79 Å². The van der Waals surface area contributed by atoms with Crippen molar-refractivity contribution in [2.24, 2.45) is 0 Å². The van der Waals surface area contributed by atoms with Crippen LogP contribution in [0.15, 0.2) is 84.2 Å². The molecule has 1 aliphatic rings. The van der Waals surface area contributed by atoms with Gasteiger partial charge >= 0.3 is 5.97 Å². The third-order valence-electron chi connectivity index (χ3n) is 6.49. The molecule has 0 spiro atoms. The van der Waals surface area contributed by atoms with Crippen molar-refractivity contribution in [3.63, 3.8) is 0 Å². The normalized spacial score (nSPS) is 14.2. The van der Waals surface area contributed by atoms with E-state index in [0.29, 0.717) is 22.7 Å². The second-order valence-electron chi connectivity index (χ2n) is 9.02. The Kier molecular flexibility index (Phi) is 8.93. The Bertz CT molecular complexity index is 1310. The summed E-state index contributed by atoms with van der Waals surface area (Å²) < 4.78 is 16.9. The van der Waals surface area contributed by atoms with Crippen LogP contribution in [-0.4, -0.2) is 44.2 Å². The minimum absolute atomic E-state index is 0.119. The molecule has 2 aromatic carbocycles. The SMILES string of the molecule is COC(=O)C(=Cc1ccc(OC2CCCC2)c(OC)c1)C(=Cc1ccccc1)C(=O)N(C)c1ccncc1. The van der Waals surface area contributed by atoms with Gasteiger partial charge in [-0.3, -0.25) is 9.78 Å². The number of pyridine rings is 1. The van der Waals surface area contributed by atoms with Crippen LogP contribution in [0.1, 0.15) is 36.8 Å². The van der Waals surface area contributed by atoms with Gasteiger partial charge in [-0.05, 0) is 73.2 Å². The van der Waals surface area contributed by atoms with Crippen molar-refractivity contribution in [1.82, 2.24) is 4.98 Å². The third kappa shape index (κ3) is 6.48. The molecule has 1 aromatic heterocycles. The maximum atomic E-state index is 13.8. The number of ether oxygens (including phenoxy) is 3. The second kappa shape index (κ2) is 12.7. The Morgan fingerprint density at radius 3 is 2.21 bits per heavy atom. The van der Waals surface area contributed by atoms with Crippen molar-refractivity contribution in [2.75, 3.05) is 26.2 Å². The summed E-state index contributed by atoms with van der Waals surface area (Å²) in [7, 11) is 4.54. The standard InChI is InChI=1S/C31H32N2O5/c1-33(24-15-17-32-18-16-24)30(34)26(19-22-9-5-4-6-10-22)27(31(35)37-3)20-23-13-14-28(29(21-23)36-2)38-25-11-7-8-12-25/h4-6,9-10,13-21,25H,7-8,11-12H2,1-3H3. The maximum Gasteiger partial charge on any atom is 0.338 e. The quantitative estimate of drug-likeness (QED) is 0.207. The van der Waals surface area contributed by atoms with Crippen LogP contribution in [0.25, 0.3) is 12.2 Å². The number of benzene rings is 2. The molecule has 7 heteroatoms. The molecule has 7 nitrogen and oxygen atoms in total. The van der Waals surface area contributed by atoms with Crippen LogP contribution in [0.2, 0.25) is 0 Å². The average Bonchev–Trinajstić information content (AvgIpc) is 3.48. The minimum Gasteiger partial charge on any atom is -0.493 e. The highest BCUT2D eigenvalue weighted by atomic mass is 16.5. The van der Waals surface area contributed by atoms with E-state index >= 15 is 0 Å². The number of esters is 1. The molecular weight excluding hydrogens is 480 g/mol. The Hall–Kier alpha value is -4.39. The van der Waals surface area contributed by atoms with Gasteiger partial charge in [0, 0.05) is 25.1 Å². The van der Waals surface area contributed by atoms with E-state index in [1.807, 2.05) is 42.5 Å². The summed E-state index contributed by atoms with van der Waals surface area (Å²) in [6, 6.07) is 18.3. The van der Waals surface area contributed by atoms with Crippen molar-refractivity contribution in [2.45, 2.75) is 31.8 Å². The van der Waals surface area contributed by atoms with Crippen LogP contribution in [-0.2, 0) is 14.3 Å². The first-order valence-corrected chi connectivity index (χ1v) is 12.6. The molecule has 1 aliphatic carbocycles. The average molecular weight is 513 g/mol. The number of hydrogen-bond acceptors (Lipinski definition) is 6. The summed E-state index contributed by atoms with van der Waals surface area (Å²) in [5, 5.41) is 0. The molecule has 4 rings (SSSR count). The van der Waals surface area contributed by atoms with Crippen LogP contribution >= 0.6 is 0 Å². The molecule has 0 atom stereocenters. The molecule has 1 heterocycles. The molecule has 196 valence electrons. The third-order valence-corrected chi connectivity index (χ3v) is 6.49. The molecule has 3 aromatic rings. The molecule has 0 unspecified atom stereocenters.